The van der Waals surface area contributed by atoms with Gasteiger partial charge in [0.1, 0.15) is 10.8 Å². The van der Waals surface area contributed by atoms with Gasteiger partial charge in [-0.25, -0.2) is 4.98 Å². The van der Waals surface area contributed by atoms with Crippen LogP contribution in [0.5, 0.6) is 0 Å². The number of aromatic nitrogens is 4. The second-order valence-electron chi connectivity index (χ2n) is 4.31. The molecule has 0 aromatic carbocycles. The van der Waals surface area contributed by atoms with Gasteiger partial charge in [0.05, 0.1) is 6.33 Å². The highest BCUT2D eigenvalue weighted by Crippen LogP contribution is 2.28. The molecule has 1 aliphatic rings. The maximum absolute atomic E-state index is 13.0. The topological polar surface area (TPSA) is 135 Å². The number of hydrogen-bond donors (Lipinski definition) is 2. The van der Waals surface area contributed by atoms with Crippen LogP contribution < -0.4 is 10.6 Å². The Morgan fingerprint density at radius 3 is 2.85 bits per heavy atom. The highest BCUT2D eigenvalue weighted by Gasteiger charge is 2.40. The fraction of sp³-hybridized carbons (Fsp3) is 0.333. The van der Waals surface area contributed by atoms with Crippen molar-refractivity contribution in [3.8, 4) is 0 Å². The lowest BCUT2D eigenvalue weighted by Crippen LogP contribution is -2.28. The van der Waals surface area contributed by atoms with E-state index in [-0.39, 0.29) is 24.0 Å². The normalized spacial score (nSPS) is 19.9. The predicted molar refractivity (Wildman–Crippen MR) is 66.9 cm³/mol. The van der Waals surface area contributed by atoms with Crippen molar-refractivity contribution in [1.82, 2.24) is 19.9 Å². The van der Waals surface area contributed by atoms with E-state index in [1.165, 1.54) is 6.33 Å². The molecule has 3 heterocycles. The summed E-state index contributed by atoms with van der Waals surface area (Å²) in [4.78, 5) is 27.3. The van der Waals surface area contributed by atoms with E-state index in [0.717, 1.165) is 4.90 Å². The largest absolute Gasteiger partial charge is 0.368 e. The van der Waals surface area contributed by atoms with Crippen LogP contribution in [0.25, 0.3) is 11.2 Å². The summed E-state index contributed by atoms with van der Waals surface area (Å²) in [5.41, 5.74) is 6.09. The summed E-state index contributed by atoms with van der Waals surface area (Å²) in [7, 11) is -4.79. The molecule has 2 aromatic heterocycles. The lowest BCUT2D eigenvalue weighted by molar-refractivity contribution is -0.117. The average molecular weight is 300 g/mol. The van der Waals surface area contributed by atoms with Crippen molar-refractivity contribution >= 4 is 39.1 Å². The van der Waals surface area contributed by atoms with Gasteiger partial charge in [-0.05, 0) is 0 Å². The van der Waals surface area contributed by atoms with Crippen molar-refractivity contribution in [1.29, 1.82) is 0 Å². The number of nitrogens with two attached hydrogens (primary N) is 1. The lowest BCUT2D eigenvalue weighted by Gasteiger charge is -2.15. The summed E-state index contributed by atoms with van der Waals surface area (Å²) in [6.45, 7) is -0.317. The van der Waals surface area contributed by atoms with E-state index in [9.17, 15) is 17.1 Å². The van der Waals surface area contributed by atoms with E-state index in [0.29, 0.717) is 5.52 Å². The van der Waals surface area contributed by atoms with Gasteiger partial charge < -0.3 is 10.7 Å². The van der Waals surface area contributed by atoms with E-state index < -0.39 is 27.8 Å². The lowest BCUT2D eigenvalue weighted by atomic mass is 10.4. The molecule has 11 heteroatoms. The molecule has 2 aromatic rings. The number of fused-ring (bicyclic) bond motifs is 1. The minimum atomic E-state index is -4.79. The summed E-state index contributed by atoms with van der Waals surface area (Å²) >= 11 is 0. The van der Waals surface area contributed by atoms with Crippen LogP contribution >= 0.6 is 0 Å². The smallest absolute Gasteiger partial charge is 0.307 e. The Morgan fingerprint density at radius 2 is 2.20 bits per heavy atom. The molecule has 1 unspecified atom stereocenters. The molecule has 3 rings (SSSR count). The summed E-state index contributed by atoms with van der Waals surface area (Å²) in [5, 5.41) is -1.40. The van der Waals surface area contributed by atoms with Gasteiger partial charge in [0, 0.05) is 13.0 Å². The molecule has 106 valence electrons. The quantitative estimate of drug-likeness (QED) is 0.703. The Kier molecular flexibility index (Phi) is 2.61. The second-order valence-corrected chi connectivity index (χ2v) is 5.93. The molecule has 1 atom stereocenters. The summed E-state index contributed by atoms with van der Waals surface area (Å²) < 4.78 is 34.8. The third-order valence-corrected chi connectivity index (χ3v) is 4.14. The number of hydrogen-bond acceptors (Lipinski definition) is 7. The maximum Gasteiger partial charge on any atom is 0.307 e. The zero-order chi connectivity index (χ0) is 14.5. The number of amides is 1. The van der Waals surface area contributed by atoms with Crippen molar-refractivity contribution in [3.63, 3.8) is 0 Å². The molecular weight excluding hydrogens is 291 g/mol. The Balaban J connectivity index is 2.08. The van der Waals surface area contributed by atoms with E-state index in [4.69, 9.17) is 5.73 Å². The van der Waals surface area contributed by atoms with E-state index in [1.54, 1.807) is 0 Å². The molecule has 0 radical (unpaired) electrons. The highest BCUT2D eigenvalue weighted by molar-refractivity contribution is 7.87. The first-order valence-corrected chi connectivity index (χ1v) is 7.01. The molecule has 20 heavy (non-hydrogen) atoms. The first-order valence-electron chi connectivity index (χ1n) is 5.56. The molecular formula is C9H9FN6O3S. The minimum absolute atomic E-state index is 0.0983. The third-order valence-electron chi connectivity index (χ3n) is 3.03. The number of anilines is 2. The van der Waals surface area contributed by atoms with Crippen LogP contribution in [0.3, 0.4) is 0 Å². The van der Waals surface area contributed by atoms with Gasteiger partial charge in [-0.15, -0.1) is 3.89 Å². The number of nitrogen functional groups attached to an aromatic ring is 1. The van der Waals surface area contributed by atoms with Gasteiger partial charge in [0.25, 0.3) is 0 Å². The van der Waals surface area contributed by atoms with E-state index >= 15 is 0 Å². The minimum Gasteiger partial charge on any atom is -0.368 e. The second kappa shape index (κ2) is 4.10. The number of nitrogens with one attached hydrogen (secondary N) is 1. The van der Waals surface area contributed by atoms with Crippen LogP contribution in [0, 0.1) is 0 Å². The summed E-state index contributed by atoms with van der Waals surface area (Å²) in [5.74, 6) is -0.565. The number of nitrogens with zero attached hydrogens (tertiary/aromatic N) is 4. The van der Waals surface area contributed by atoms with Crippen LogP contribution in [0.15, 0.2) is 6.33 Å². The fourth-order valence-corrected chi connectivity index (χ4v) is 2.77. The highest BCUT2D eigenvalue weighted by atomic mass is 32.3. The van der Waals surface area contributed by atoms with Gasteiger partial charge in [0.2, 0.25) is 11.9 Å². The van der Waals surface area contributed by atoms with Crippen LogP contribution in [0.1, 0.15) is 6.42 Å². The first kappa shape index (κ1) is 12.7. The van der Waals surface area contributed by atoms with E-state index in [1.807, 2.05) is 0 Å². The van der Waals surface area contributed by atoms with Gasteiger partial charge in [-0.1, -0.05) is 0 Å². The van der Waals surface area contributed by atoms with Gasteiger partial charge in [-0.3, -0.25) is 9.69 Å². The number of H-pyrrole nitrogens is 1. The van der Waals surface area contributed by atoms with E-state index in [2.05, 4.69) is 19.9 Å². The van der Waals surface area contributed by atoms with Crippen LogP contribution in [0.4, 0.5) is 15.7 Å². The summed E-state index contributed by atoms with van der Waals surface area (Å²) in [6.07, 6.45) is 0.907. The number of carbonyl (C=O) groups excluding carboxylic acids is 1. The van der Waals surface area contributed by atoms with Crippen LogP contribution in [-0.2, 0) is 15.0 Å². The first-order chi connectivity index (χ1) is 9.36. The molecule has 1 aliphatic heterocycles. The molecule has 0 saturated carbocycles. The molecule has 0 spiro atoms. The summed E-state index contributed by atoms with van der Waals surface area (Å²) in [6, 6.07) is 0. The van der Waals surface area contributed by atoms with Crippen molar-refractivity contribution in [3.05, 3.63) is 6.33 Å². The Hall–Kier alpha value is -2.30. The number of imidazole rings is 1. The fourth-order valence-electron chi connectivity index (χ4n) is 2.10. The number of carbonyl (C=O) groups is 1. The molecule has 0 aliphatic carbocycles. The Labute approximate surface area is 112 Å². The zero-order valence-corrected chi connectivity index (χ0v) is 10.8. The molecule has 3 N–H and O–H groups in total. The van der Waals surface area contributed by atoms with Crippen LogP contribution in [0.2, 0.25) is 0 Å². The number of halogens is 1. The molecule has 0 bridgehead atoms. The monoisotopic (exact) mass is 300 g/mol. The van der Waals surface area contributed by atoms with Crippen molar-refractivity contribution in [2.45, 2.75) is 11.7 Å². The van der Waals surface area contributed by atoms with Gasteiger partial charge in [0.15, 0.2) is 11.5 Å². The zero-order valence-electron chi connectivity index (χ0n) is 9.95. The number of aromatic amines is 1. The van der Waals surface area contributed by atoms with Gasteiger partial charge in [-0.2, -0.15) is 18.4 Å². The molecule has 9 nitrogen and oxygen atoms in total. The molecule has 1 fully saturated rings. The number of rotatable bonds is 2. The maximum atomic E-state index is 13.0. The van der Waals surface area contributed by atoms with Gasteiger partial charge >= 0.3 is 10.2 Å². The van der Waals surface area contributed by atoms with Crippen molar-refractivity contribution in [2.24, 2.45) is 0 Å². The molecule has 1 amide bonds. The SMILES string of the molecule is Nc1nc(N2CC(S(=O)(=O)F)CC2=O)c2[nH]cnc2n1. The molecule has 1 saturated heterocycles. The van der Waals surface area contributed by atoms with Crippen LogP contribution in [-0.4, -0.2) is 46.1 Å². The van der Waals surface area contributed by atoms with Crippen molar-refractivity contribution in [2.75, 3.05) is 17.2 Å². The third kappa shape index (κ3) is 1.95. The predicted octanol–water partition coefficient (Wildman–Crippen LogP) is -0.660. The Morgan fingerprint density at radius 1 is 1.45 bits per heavy atom. The van der Waals surface area contributed by atoms with Crippen molar-refractivity contribution < 1.29 is 17.1 Å². The Bertz CT molecular complexity index is 803. The average Bonchev–Trinajstić information content (AvgIpc) is 2.93. The standard InChI is InChI=1S/C9H9FN6O3S/c10-20(18,19)4-1-5(17)16(2-4)8-6-7(13-3-12-6)14-9(11)15-8/h3-4H,1-2H2,(H3,11,12,13,14,15).